The average molecular weight is 374 g/mol. The third kappa shape index (κ3) is 5.22. The molecule has 1 aromatic heterocycles. The summed E-state index contributed by atoms with van der Waals surface area (Å²) in [6.45, 7) is 10.3. The van der Waals surface area contributed by atoms with Crippen molar-refractivity contribution in [2.24, 2.45) is 0 Å². The standard InChI is InChI=1S/C22H35N3O2/c1-5-6-15-24-16-8-7-11-19(24)18-10-9-14-23-20(18)25(17-12-13-17)21(26)27-22(2,3)4/h9-10,14,17,19H,5-8,11-13,15-16H2,1-4H3. The number of likely N-dealkylation sites (tertiary alicyclic amines) is 1. The molecule has 150 valence electrons. The highest BCUT2D eigenvalue weighted by atomic mass is 16.6. The lowest BCUT2D eigenvalue weighted by Gasteiger charge is -2.38. The Morgan fingerprint density at radius 1 is 1.30 bits per heavy atom. The summed E-state index contributed by atoms with van der Waals surface area (Å²) in [5.74, 6) is 0.808. The van der Waals surface area contributed by atoms with Crippen LogP contribution in [-0.4, -0.2) is 40.7 Å². The van der Waals surface area contributed by atoms with Crippen LogP contribution in [0.15, 0.2) is 18.3 Å². The minimum atomic E-state index is -0.503. The molecule has 1 aromatic rings. The van der Waals surface area contributed by atoms with Gasteiger partial charge in [-0.3, -0.25) is 9.80 Å². The molecule has 1 amide bonds. The predicted octanol–water partition coefficient (Wildman–Crippen LogP) is 5.31. The fourth-order valence-electron chi connectivity index (χ4n) is 3.90. The molecule has 0 bridgehead atoms. The van der Waals surface area contributed by atoms with Gasteiger partial charge >= 0.3 is 6.09 Å². The maximum Gasteiger partial charge on any atom is 0.416 e. The predicted molar refractivity (Wildman–Crippen MR) is 109 cm³/mol. The van der Waals surface area contributed by atoms with Crippen LogP contribution >= 0.6 is 0 Å². The first-order valence-corrected chi connectivity index (χ1v) is 10.6. The summed E-state index contributed by atoms with van der Waals surface area (Å²) in [4.78, 5) is 22.1. The quantitative estimate of drug-likeness (QED) is 0.678. The highest BCUT2D eigenvalue weighted by molar-refractivity contribution is 5.89. The monoisotopic (exact) mass is 373 g/mol. The van der Waals surface area contributed by atoms with Crippen LogP contribution in [0.4, 0.5) is 10.6 Å². The molecule has 1 aliphatic heterocycles. The molecule has 0 aromatic carbocycles. The summed E-state index contributed by atoms with van der Waals surface area (Å²) >= 11 is 0. The van der Waals surface area contributed by atoms with Gasteiger partial charge in [0.1, 0.15) is 11.4 Å². The van der Waals surface area contributed by atoms with E-state index in [0.29, 0.717) is 6.04 Å². The van der Waals surface area contributed by atoms with Crippen LogP contribution in [0.2, 0.25) is 0 Å². The van der Waals surface area contributed by atoms with E-state index in [2.05, 4.69) is 22.9 Å². The molecule has 0 radical (unpaired) electrons. The molecule has 2 heterocycles. The van der Waals surface area contributed by atoms with Gasteiger partial charge in [0, 0.05) is 23.8 Å². The van der Waals surface area contributed by atoms with Crippen LogP contribution in [0.3, 0.4) is 0 Å². The Morgan fingerprint density at radius 3 is 2.74 bits per heavy atom. The number of piperidine rings is 1. The largest absolute Gasteiger partial charge is 0.443 e. The van der Waals surface area contributed by atoms with Crippen LogP contribution < -0.4 is 4.90 Å². The average Bonchev–Trinajstić information content (AvgIpc) is 3.44. The second-order valence-electron chi connectivity index (χ2n) is 8.90. The Bertz CT molecular complexity index is 637. The smallest absolute Gasteiger partial charge is 0.416 e. The normalized spacial score (nSPS) is 21.1. The number of pyridine rings is 1. The Balaban J connectivity index is 1.90. The van der Waals surface area contributed by atoms with Gasteiger partial charge in [-0.2, -0.15) is 0 Å². The van der Waals surface area contributed by atoms with Crippen molar-refractivity contribution in [1.29, 1.82) is 0 Å². The van der Waals surface area contributed by atoms with Crippen molar-refractivity contribution in [2.45, 2.75) is 90.3 Å². The highest BCUT2D eigenvalue weighted by Crippen LogP contribution is 2.39. The van der Waals surface area contributed by atoms with Crippen molar-refractivity contribution in [3.05, 3.63) is 23.9 Å². The number of amides is 1. The summed E-state index contributed by atoms with van der Waals surface area (Å²) in [5.41, 5.74) is 0.683. The molecule has 5 heteroatoms. The number of carbonyl (C=O) groups is 1. The molecular weight excluding hydrogens is 338 g/mol. The van der Waals surface area contributed by atoms with Crippen molar-refractivity contribution >= 4 is 11.9 Å². The number of carbonyl (C=O) groups excluding carboxylic acids is 1. The van der Waals surface area contributed by atoms with Crippen LogP contribution in [0, 0.1) is 0 Å². The molecule has 27 heavy (non-hydrogen) atoms. The Labute approximate surface area is 164 Å². The molecule has 1 atom stereocenters. The van der Waals surface area contributed by atoms with Crippen molar-refractivity contribution in [1.82, 2.24) is 9.88 Å². The van der Waals surface area contributed by atoms with Gasteiger partial charge in [-0.25, -0.2) is 9.78 Å². The van der Waals surface area contributed by atoms with Crippen molar-refractivity contribution < 1.29 is 9.53 Å². The zero-order valence-electron chi connectivity index (χ0n) is 17.4. The lowest BCUT2D eigenvalue weighted by atomic mass is 9.95. The van der Waals surface area contributed by atoms with E-state index in [4.69, 9.17) is 4.74 Å². The van der Waals surface area contributed by atoms with Crippen molar-refractivity contribution in [3.63, 3.8) is 0 Å². The molecular formula is C22H35N3O2. The fourth-order valence-corrected chi connectivity index (χ4v) is 3.90. The van der Waals surface area contributed by atoms with E-state index in [1.807, 2.05) is 31.7 Å². The van der Waals surface area contributed by atoms with Crippen LogP contribution in [0.25, 0.3) is 0 Å². The molecule has 3 rings (SSSR count). The SMILES string of the molecule is CCCCN1CCCCC1c1cccnc1N(C(=O)OC(C)(C)C)C1CC1. The van der Waals surface area contributed by atoms with Gasteiger partial charge in [-0.05, 0) is 72.0 Å². The van der Waals surface area contributed by atoms with E-state index < -0.39 is 5.60 Å². The lowest BCUT2D eigenvalue weighted by molar-refractivity contribution is 0.0575. The number of nitrogens with zero attached hydrogens (tertiary/aromatic N) is 3. The molecule has 0 N–H and O–H groups in total. The Kier molecular flexibility index (Phi) is 6.40. The van der Waals surface area contributed by atoms with E-state index in [1.165, 1.54) is 31.2 Å². The number of unbranched alkanes of at least 4 members (excludes halogenated alkanes) is 1. The zero-order valence-corrected chi connectivity index (χ0v) is 17.4. The topological polar surface area (TPSA) is 45.7 Å². The van der Waals surface area contributed by atoms with Gasteiger partial charge in [0.15, 0.2) is 0 Å². The maximum atomic E-state index is 13.0. The van der Waals surface area contributed by atoms with Crippen LogP contribution in [0.5, 0.6) is 0 Å². The molecule has 1 unspecified atom stereocenters. The van der Waals surface area contributed by atoms with Gasteiger partial charge in [-0.15, -0.1) is 0 Å². The molecule has 5 nitrogen and oxygen atoms in total. The first-order valence-electron chi connectivity index (χ1n) is 10.6. The zero-order chi connectivity index (χ0) is 19.4. The molecule has 0 spiro atoms. The highest BCUT2D eigenvalue weighted by Gasteiger charge is 2.39. The third-order valence-electron chi connectivity index (χ3n) is 5.32. The minimum absolute atomic E-state index is 0.223. The summed E-state index contributed by atoms with van der Waals surface area (Å²) in [5, 5.41) is 0. The second-order valence-corrected chi connectivity index (χ2v) is 8.90. The number of hydrogen-bond donors (Lipinski definition) is 0. The number of ether oxygens (including phenoxy) is 1. The van der Waals surface area contributed by atoms with E-state index in [-0.39, 0.29) is 12.1 Å². The van der Waals surface area contributed by atoms with Crippen molar-refractivity contribution in [2.75, 3.05) is 18.0 Å². The Morgan fingerprint density at radius 2 is 2.07 bits per heavy atom. The van der Waals surface area contributed by atoms with Gasteiger partial charge in [0.25, 0.3) is 0 Å². The van der Waals surface area contributed by atoms with Crippen LogP contribution in [0.1, 0.15) is 84.2 Å². The molecule has 2 fully saturated rings. The van der Waals surface area contributed by atoms with Gasteiger partial charge in [0.05, 0.1) is 0 Å². The summed E-state index contributed by atoms with van der Waals surface area (Å²) < 4.78 is 5.72. The number of rotatable bonds is 6. The minimum Gasteiger partial charge on any atom is -0.443 e. The van der Waals surface area contributed by atoms with Gasteiger partial charge < -0.3 is 4.74 Å². The molecule has 1 aliphatic carbocycles. The number of aromatic nitrogens is 1. The number of hydrogen-bond acceptors (Lipinski definition) is 4. The maximum absolute atomic E-state index is 13.0. The summed E-state index contributed by atoms with van der Waals surface area (Å²) in [7, 11) is 0. The van der Waals surface area contributed by atoms with Gasteiger partial charge in [-0.1, -0.05) is 25.8 Å². The fraction of sp³-hybridized carbons (Fsp3) is 0.727. The second kappa shape index (κ2) is 8.59. The van der Waals surface area contributed by atoms with E-state index in [9.17, 15) is 4.79 Å². The molecule has 1 saturated carbocycles. The summed E-state index contributed by atoms with van der Waals surface area (Å²) in [6.07, 6.45) is 9.64. The first kappa shape index (κ1) is 20.1. The molecule has 2 aliphatic rings. The third-order valence-corrected chi connectivity index (χ3v) is 5.32. The molecule has 1 saturated heterocycles. The first-order chi connectivity index (χ1) is 12.9. The van der Waals surface area contributed by atoms with E-state index in [1.54, 1.807) is 6.20 Å². The summed E-state index contributed by atoms with van der Waals surface area (Å²) in [6, 6.07) is 4.74. The number of anilines is 1. The van der Waals surface area contributed by atoms with Crippen molar-refractivity contribution in [3.8, 4) is 0 Å². The van der Waals surface area contributed by atoms with E-state index in [0.717, 1.165) is 38.2 Å². The Hall–Kier alpha value is -1.62. The lowest BCUT2D eigenvalue weighted by Crippen LogP contribution is -2.41. The van der Waals surface area contributed by atoms with Crippen LogP contribution in [-0.2, 0) is 4.74 Å². The van der Waals surface area contributed by atoms with Gasteiger partial charge in [0.2, 0.25) is 0 Å². The van der Waals surface area contributed by atoms with E-state index >= 15 is 0 Å².